The number of nitrogens with two attached hydrogens (primary N) is 1. The van der Waals surface area contributed by atoms with Gasteiger partial charge in [-0.25, -0.2) is 13.4 Å². The number of aromatic nitrogens is 3. The molecule has 37 heavy (non-hydrogen) atoms. The van der Waals surface area contributed by atoms with E-state index in [4.69, 9.17) is 10.5 Å². The monoisotopic (exact) mass is 519 g/mol. The number of nitrogen functional groups attached to an aromatic ring is 1. The summed E-state index contributed by atoms with van der Waals surface area (Å²) in [5.41, 5.74) is 10.8. The summed E-state index contributed by atoms with van der Waals surface area (Å²) >= 11 is 0. The average molecular weight is 520 g/mol. The van der Waals surface area contributed by atoms with Crippen molar-refractivity contribution in [2.45, 2.75) is 31.8 Å². The van der Waals surface area contributed by atoms with Gasteiger partial charge < -0.3 is 15.8 Å². The highest BCUT2D eigenvalue weighted by molar-refractivity contribution is 7.90. The molecule has 0 aliphatic rings. The molecule has 0 saturated carbocycles. The molecule has 4 rings (SSSR count). The lowest BCUT2D eigenvalue weighted by Gasteiger charge is -2.18. The van der Waals surface area contributed by atoms with Gasteiger partial charge in [0.05, 0.1) is 11.1 Å². The van der Waals surface area contributed by atoms with Gasteiger partial charge >= 0.3 is 0 Å². The lowest BCUT2D eigenvalue weighted by atomic mass is 10.1. The topological polar surface area (TPSA) is 129 Å². The molecule has 0 aliphatic heterocycles. The number of benzene rings is 2. The van der Waals surface area contributed by atoms with Crippen LogP contribution in [0.2, 0.25) is 0 Å². The second-order valence-electron chi connectivity index (χ2n) is 9.04. The minimum absolute atomic E-state index is 0.146. The molecule has 9 nitrogen and oxygen atoms in total. The van der Waals surface area contributed by atoms with E-state index in [9.17, 15) is 13.2 Å². The largest absolute Gasteiger partial charge is 0.482 e. The van der Waals surface area contributed by atoms with Crippen molar-refractivity contribution < 1.29 is 17.9 Å². The van der Waals surface area contributed by atoms with E-state index in [-0.39, 0.29) is 16.3 Å². The molecule has 1 atom stereocenters. The van der Waals surface area contributed by atoms with E-state index in [0.29, 0.717) is 17.0 Å². The summed E-state index contributed by atoms with van der Waals surface area (Å²) in [5, 5.41) is 7.04. The molecule has 3 N–H and O–H groups in total. The van der Waals surface area contributed by atoms with Crippen LogP contribution in [0.15, 0.2) is 66.0 Å². The lowest BCUT2D eigenvalue weighted by Crippen LogP contribution is -2.14. The molecular formula is C27H29N5O4S. The summed E-state index contributed by atoms with van der Waals surface area (Å²) in [6.07, 6.45) is 6.02. The Labute approximate surface area is 216 Å². The number of anilines is 2. The zero-order valence-corrected chi connectivity index (χ0v) is 22.1. The lowest BCUT2D eigenvalue weighted by molar-refractivity contribution is 0.102. The standard InChI is InChI=1S/C27H29N5O4S/c1-16-9-20(12-25(17(16)2)37(5,34)35)27(33)31-23-8-6-7-19(10-23)18(3)36-24-11-21(13-29-26(24)28)22-14-30-32(4)15-22/h6-15,18H,1-5H3,(H2,28,29)(H,31,33). The summed E-state index contributed by atoms with van der Waals surface area (Å²) in [7, 11) is -1.63. The van der Waals surface area contributed by atoms with Crippen molar-refractivity contribution in [2.75, 3.05) is 17.3 Å². The van der Waals surface area contributed by atoms with Crippen molar-refractivity contribution in [3.8, 4) is 16.9 Å². The van der Waals surface area contributed by atoms with E-state index in [1.807, 2.05) is 32.3 Å². The maximum atomic E-state index is 13.0. The Morgan fingerprint density at radius 1 is 1.11 bits per heavy atom. The molecule has 10 heteroatoms. The Morgan fingerprint density at radius 3 is 2.54 bits per heavy atom. The fraction of sp³-hybridized carbons (Fsp3) is 0.222. The summed E-state index contributed by atoms with van der Waals surface area (Å²) in [5.74, 6) is 0.295. The SMILES string of the molecule is Cc1cc(C(=O)Nc2cccc(C(C)Oc3cc(-c4cnn(C)c4)cnc3N)c2)cc(S(C)(=O)=O)c1C. The predicted molar refractivity (Wildman–Crippen MR) is 143 cm³/mol. The highest BCUT2D eigenvalue weighted by Crippen LogP contribution is 2.31. The number of pyridine rings is 1. The molecule has 2 aromatic heterocycles. The first kappa shape index (κ1) is 25.9. The zero-order valence-electron chi connectivity index (χ0n) is 21.3. The van der Waals surface area contributed by atoms with Gasteiger partial charge in [-0.1, -0.05) is 12.1 Å². The highest BCUT2D eigenvalue weighted by Gasteiger charge is 2.18. The minimum atomic E-state index is -3.47. The summed E-state index contributed by atoms with van der Waals surface area (Å²) in [4.78, 5) is 17.4. The Morgan fingerprint density at radius 2 is 1.86 bits per heavy atom. The fourth-order valence-electron chi connectivity index (χ4n) is 3.95. The first-order valence-corrected chi connectivity index (χ1v) is 13.5. The highest BCUT2D eigenvalue weighted by atomic mass is 32.2. The van der Waals surface area contributed by atoms with Gasteiger partial charge in [0.1, 0.15) is 6.10 Å². The van der Waals surface area contributed by atoms with Crippen molar-refractivity contribution >= 4 is 27.2 Å². The van der Waals surface area contributed by atoms with E-state index in [0.717, 1.165) is 28.5 Å². The van der Waals surface area contributed by atoms with E-state index in [1.165, 1.54) is 6.07 Å². The number of rotatable bonds is 7. The molecule has 1 amide bonds. The smallest absolute Gasteiger partial charge is 0.255 e. The Bertz CT molecular complexity index is 1590. The van der Waals surface area contributed by atoms with Gasteiger partial charge in [-0.15, -0.1) is 0 Å². The van der Waals surface area contributed by atoms with Crippen LogP contribution >= 0.6 is 0 Å². The summed E-state index contributed by atoms with van der Waals surface area (Å²) in [6, 6.07) is 12.2. The number of nitrogens with zero attached hydrogens (tertiary/aromatic N) is 3. The van der Waals surface area contributed by atoms with E-state index < -0.39 is 21.8 Å². The number of hydrogen-bond acceptors (Lipinski definition) is 7. The first-order valence-electron chi connectivity index (χ1n) is 11.6. The minimum Gasteiger partial charge on any atom is -0.482 e. The molecule has 2 heterocycles. The van der Waals surface area contributed by atoms with Crippen LogP contribution in [0.1, 0.15) is 40.1 Å². The number of aryl methyl sites for hydroxylation is 2. The average Bonchev–Trinajstić information content (AvgIpc) is 3.27. The maximum Gasteiger partial charge on any atom is 0.255 e. The van der Waals surface area contributed by atoms with Gasteiger partial charge in [0.2, 0.25) is 0 Å². The number of amides is 1. The van der Waals surface area contributed by atoms with E-state index >= 15 is 0 Å². The van der Waals surface area contributed by atoms with E-state index in [2.05, 4.69) is 15.4 Å². The molecule has 2 aromatic carbocycles. The quantitative estimate of drug-likeness (QED) is 0.368. The van der Waals surface area contributed by atoms with E-state index in [1.54, 1.807) is 55.2 Å². The normalized spacial score (nSPS) is 12.2. The van der Waals surface area contributed by atoms with Crippen LogP contribution in [0.25, 0.3) is 11.1 Å². The van der Waals surface area contributed by atoms with Crippen LogP contribution in [0.5, 0.6) is 5.75 Å². The third-order valence-corrected chi connectivity index (χ3v) is 7.34. The predicted octanol–water partition coefficient (Wildman–Crippen LogP) is 4.48. The molecule has 0 radical (unpaired) electrons. The Kier molecular flexibility index (Phi) is 7.04. The molecule has 192 valence electrons. The molecule has 0 spiro atoms. The number of sulfone groups is 1. The molecule has 0 bridgehead atoms. The van der Waals surface area contributed by atoms with Crippen LogP contribution < -0.4 is 15.8 Å². The Hall–Kier alpha value is -4.18. The molecule has 0 saturated heterocycles. The van der Waals surface area contributed by atoms with Gasteiger partial charge in [-0.3, -0.25) is 9.48 Å². The van der Waals surface area contributed by atoms with Crippen molar-refractivity contribution in [1.29, 1.82) is 0 Å². The number of carbonyl (C=O) groups is 1. The number of carbonyl (C=O) groups excluding carboxylic acids is 1. The van der Waals surface area contributed by atoms with Crippen LogP contribution in [0, 0.1) is 13.8 Å². The first-order chi connectivity index (χ1) is 17.4. The molecule has 0 aliphatic carbocycles. The van der Waals surface area contributed by atoms with Gasteiger partial charge in [0.15, 0.2) is 21.4 Å². The third-order valence-electron chi connectivity index (χ3n) is 6.12. The second kappa shape index (κ2) is 10.1. The van der Waals surface area contributed by atoms with Crippen LogP contribution in [-0.4, -0.2) is 35.3 Å². The summed E-state index contributed by atoms with van der Waals surface area (Å²) < 4.78 is 32.2. The van der Waals surface area contributed by atoms with Crippen molar-refractivity contribution in [3.63, 3.8) is 0 Å². The third kappa shape index (κ3) is 5.80. The number of nitrogens with one attached hydrogen (secondary N) is 1. The van der Waals surface area contributed by atoms with Crippen LogP contribution in [0.3, 0.4) is 0 Å². The van der Waals surface area contributed by atoms with Crippen molar-refractivity contribution in [2.24, 2.45) is 7.05 Å². The van der Waals surface area contributed by atoms with Crippen molar-refractivity contribution in [1.82, 2.24) is 14.8 Å². The van der Waals surface area contributed by atoms with Crippen LogP contribution in [0.4, 0.5) is 11.5 Å². The summed E-state index contributed by atoms with van der Waals surface area (Å²) in [6.45, 7) is 5.39. The van der Waals surface area contributed by atoms with Crippen LogP contribution in [-0.2, 0) is 16.9 Å². The molecule has 4 aromatic rings. The number of hydrogen-bond donors (Lipinski definition) is 2. The zero-order chi connectivity index (χ0) is 26.9. The molecular weight excluding hydrogens is 490 g/mol. The maximum absolute atomic E-state index is 13.0. The molecule has 0 fully saturated rings. The second-order valence-corrected chi connectivity index (χ2v) is 11.0. The number of ether oxygens (including phenoxy) is 1. The molecule has 1 unspecified atom stereocenters. The van der Waals surface area contributed by atoms with Crippen molar-refractivity contribution in [3.05, 3.63) is 83.3 Å². The van der Waals surface area contributed by atoms with Gasteiger partial charge in [0, 0.05) is 48.1 Å². The van der Waals surface area contributed by atoms with Gasteiger partial charge in [0.25, 0.3) is 5.91 Å². The van der Waals surface area contributed by atoms with Gasteiger partial charge in [-0.05, 0) is 67.8 Å². The fourth-order valence-corrected chi connectivity index (χ4v) is 5.01. The Balaban J connectivity index is 1.54. The van der Waals surface area contributed by atoms with Gasteiger partial charge in [-0.2, -0.15) is 5.10 Å².